The molecule has 0 aliphatic rings. The third-order valence-corrected chi connectivity index (χ3v) is 2.07. The van der Waals surface area contributed by atoms with E-state index >= 15 is 0 Å². The summed E-state index contributed by atoms with van der Waals surface area (Å²) in [6.45, 7) is 1.89. The van der Waals surface area contributed by atoms with Crippen LogP contribution in [-0.4, -0.2) is 14.7 Å². The predicted molar refractivity (Wildman–Crippen MR) is 49.3 cm³/mol. The van der Waals surface area contributed by atoms with Crippen molar-refractivity contribution in [2.75, 3.05) is 0 Å². The largest absolute Gasteiger partial charge is 0.506 e. The Hall–Kier alpha value is -1.03. The Labute approximate surface area is 77.8 Å². The number of hydrogen-bond donors (Lipinski definition) is 1. The van der Waals surface area contributed by atoms with E-state index in [1.54, 1.807) is 10.6 Å². The lowest BCUT2D eigenvalue weighted by molar-refractivity contribution is 0.478. The molecule has 0 saturated carbocycles. The average Bonchev–Trinajstić information content (AvgIpc) is 2.29. The molecule has 62 valence electrons. The van der Waals surface area contributed by atoms with Crippen molar-refractivity contribution in [3.63, 3.8) is 0 Å². The maximum absolute atomic E-state index is 9.47. The molecule has 0 amide bonds. The van der Waals surface area contributed by atoms with Crippen LogP contribution in [0.1, 0.15) is 5.69 Å². The van der Waals surface area contributed by atoms with Crippen molar-refractivity contribution in [3.05, 3.63) is 28.5 Å². The van der Waals surface area contributed by atoms with Gasteiger partial charge in [-0.05, 0) is 35.0 Å². The highest BCUT2D eigenvalue weighted by molar-refractivity contribution is 9.10. The molecule has 12 heavy (non-hydrogen) atoms. The van der Waals surface area contributed by atoms with Crippen molar-refractivity contribution >= 4 is 21.4 Å². The number of rotatable bonds is 0. The Bertz CT molecular complexity index is 436. The van der Waals surface area contributed by atoms with Gasteiger partial charge in [-0.2, -0.15) is 5.10 Å². The van der Waals surface area contributed by atoms with E-state index in [4.69, 9.17) is 0 Å². The minimum atomic E-state index is 0.241. The predicted octanol–water partition coefficient (Wildman–Crippen LogP) is 2.11. The number of aryl methyl sites for hydroxylation is 1. The summed E-state index contributed by atoms with van der Waals surface area (Å²) in [5.74, 6) is 0.241. The topological polar surface area (TPSA) is 37.5 Å². The number of nitrogens with zero attached hydrogens (tertiary/aromatic N) is 2. The summed E-state index contributed by atoms with van der Waals surface area (Å²) in [5.41, 5.74) is 1.62. The molecule has 0 aromatic carbocycles. The molecule has 0 aliphatic heterocycles. The molecule has 0 fully saturated rings. The first-order valence-corrected chi connectivity index (χ1v) is 4.30. The Morgan fingerprint density at radius 2 is 2.25 bits per heavy atom. The smallest absolute Gasteiger partial charge is 0.142 e. The molecule has 2 heterocycles. The molecule has 0 unspecified atom stereocenters. The van der Waals surface area contributed by atoms with Gasteiger partial charge in [0.25, 0.3) is 0 Å². The SMILES string of the molecule is Cc1cc2c(O)cc(Br)cn2n1. The molecule has 0 saturated heterocycles. The van der Waals surface area contributed by atoms with Gasteiger partial charge < -0.3 is 5.11 Å². The van der Waals surface area contributed by atoms with Crippen molar-refractivity contribution in [3.8, 4) is 5.75 Å². The monoisotopic (exact) mass is 226 g/mol. The van der Waals surface area contributed by atoms with Gasteiger partial charge in [0.1, 0.15) is 11.3 Å². The van der Waals surface area contributed by atoms with Crippen LogP contribution in [0.25, 0.3) is 5.52 Å². The zero-order valence-electron chi connectivity index (χ0n) is 6.45. The highest BCUT2D eigenvalue weighted by Crippen LogP contribution is 2.23. The third kappa shape index (κ3) is 1.08. The first kappa shape index (κ1) is 7.61. The normalized spacial score (nSPS) is 10.8. The van der Waals surface area contributed by atoms with Crippen LogP contribution >= 0.6 is 15.9 Å². The second-order valence-corrected chi connectivity index (χ2v) is 3.57. The van der Waals surface area contributed by atoms with Crippen LogP contribution in [0.4, 0.5) is 0 Å². The standard InChI is InChI=1S/C8H7BrN2O/c1-5-2-7-8(12)3-6(9)4-11(7)10-5/h2-4,12H,1H3. The highest BCUT2D eigenvalue weighted by Gasteiger charge is 2.03. The minimum absolute atomic E-state index is 0.241. The summed E-state index contributed by atoms with van der Waals surface area (Å²) in [5, 5.41) is 13.6. The van der Waals surface area contributed by atoms with E-state index in [-0.39, 0.29) is 5.75 Å². The van der Waals surface area contributed by atoms with E-state index in [0.29, 0.717) is 0 Å². The zero-order chi connectivity index (χ0) is 8.72. The maximum Gasteiger partial charge on any atom is 0.142 e. The number of hydrogen-bond acceptors (Lipinski definition) is 2. The number of aromatic hydroxyl groups is 1. The summed E-state index contributed by atoms with van der Waals surface area (Å²) < 4.78 is 2.46. The van der Waals surface area contributed by atoms with Crippen LogP contribution in [0.15, 0.2) is 22.8 Å². The van der Waals surface area contributed by atoms with Crippen molar-refractivity contribution in [2.45, 2.75) is 6.92 Å². The van der Waals surface area contributed by atoms with E-state index in [9.17, 15) is 5.11 Å². The molecule has 0 bridgehead atoms. The van der Waals surface area contributed by atoms with Crippen LogP contribution in [0.3, 0.4) is 0 Å². The zero-order valence-corrected chi connectivity index (χ0v) is 8.04. The van der Waals surface area contributed by atoms with Gasteiger partial charge in [-0.25, -0.2) is 4.52 Å². The third-order valence-electron chi connectivity index (χ3n) is 1.64. The number of pyridine rings is 1. The van der Waals surface area contributed by atoms with Crippen molar-refractivity contribution in [1.29, 1.82) is 0 Å². The van der Waals surface area contributed by atoms with E-state index in [2.05, 4.69) is 21.0 Å². The summed E-state index contributed by atoms with van der Waals surface area (Å²) in [6, 6.07) is 3.48. The Balaban J connectivity index is 2.88. The fourth-order valence-corrected chi connectivity index (χ4v) is 1.58. The van der Waals surface area contributed by atoms with Crippen LogP contribution in [0.5, 0.6) is 5.75 Å². The number of fused-ring (bicyclic) bond motifs is 1. The average molecular weight is 227 g/mol. The molecule has 1 N–H and O–H groups in total. The molecular weight excluding hydrogens is 220 g/mol. The second kappa shape index (κ2) is 2.48. The molecule has 0 atom stereocenters. The first-order valence-electron chi connectivity index (χ1n) is 3.51. The molecule has 0 aliphatic carbocycles. The van der Waals surface area contributed by atoms with Gasteiger partial charge >= 0.3 is 0 Å². The lowest BCUT2D eigenvalue weighted by Crippen LogP contribution is -1.86. The Morgan fingerprint density at radius 1 is 1.50 bits per heavy atom. The summed E-state index contributed by atoms with van der Waals surface area (Å²) in [4.78, 5) is 0. The van der Waals surface area contributed by atoms with Gasteiger partial charge in [0.05, 0.1) is 5.69 Å². The Morgan fingerprint density at radius 3 is 3.00 bits per heavy atom. The van der Waals surface area contributed by atoms with Gasteiger partial charge in [0, 0.05) is 10.7 Å². The first-order chi connectivity index (χ1) is 5.66. The molecule has 2 aromatic rings. The van der Waals surface area contributed by atoms with E-state index in [1.807, 2.05) is 19.2 Å². The van der Waals surface area contributed by atoms with E-state index in [1.165, 1.54) is 0 Å². The lowest BCUT2D eigenvalue weighted by Gasteiger charge is -1.96. The summed E-state index contributed by atoms with van der Waals surface area (Å²) in [6.07, 6.45) is 1.81. The van der Waals surface area contributed by atoms with Gasteiger partial charge in [-0.1, -0.05) is 0 Å². The summed E-state index contributed by atoms with van der Waals surface area (Å²) >= 11 is 3.27. The van der Waals surface area contributed by atoms with Crippen LogP contribution in [-0.2, 0) is 0 Å². The van der Waals surface area contributed by atoms with Crippen molar-refractivity contribution in [2.24, 2.45) is 0 Å². The quantitative estimate of drug-likeness (QED) is 0.748. The summed E-state index contributed by atoms with van der Waals surface area (Å²) in [7, 11) is 0. The minimum Gasteiger partial charge on any atom is -0.506 e. The second-order valence-electron chi connectivity index (χ2n) is 2.66. The molecule has 3 nitrogen and oxygen atoms in total. The van der Waals surface area contributed by atoms with E-state index in [0.717, 1.165) is 15.7 Å². The molecule has 4 heteroatoms. The fraction of sp³-hybridized carbons (Fsp3) is 0.125. The van der Waals surface area contributed by atoms with Gasteiger partial charge in [-0.15, -0.1) is 0 Å². The molecular formula is C8H7BrN2O. The molecule has 0 radical (unpaired) electrons. The molecule has 2 rings (SSSR count). The van der Waals surface area contributed by atoms with Gasteiger partial charge in [-0.3, -0.25) is 0 Å². The number of aromatic nitrogens is 2. The molecule has 0 spiro atoms. The maximum atomic E-state index is 9.47. The van der Waals surface area contributed by atoms with Crippen LogP contribution in [0, 0.1) is 6.92 Å². The van der Waals surface area contributed by atoms with Crippen molar-refractivity contribution < 1.29 is 5.11 Å². The van der Waals surface area contributed by atoms with Crippen LogP contribution < -0.4 is 0 Å². The highest BCUT2D eigenvalue weighted by atomic mass is 79.9. The van der Waals surface area contributed by atoms with Gasteiger partial charge in [0.2, 0.25) is 0 Å². The molecule has 2 aromatic heterocycles. The van der Waals surface area contributed by atoms with Crippen LogP contribution in [0.2, 0.25) is 0 Å². The van der Waals surface area contributed by atoms with Crippen molar-refractivity contribution in [1.82, 2.24) is 9.61 Å². The van der Waals surface area contributed by atoms with Gasteiger partial charge in [0.15, 0.2) is 0 Å². The number of halogens is 1. The Kier molecular flexibility index (Phi) is 1.58. The van der Waals surface area contributed by atoms with E-state index < -0.39 is 0 Å². The fourth-order valence-electron chi connectivity index (χ4n) is 1.17. The lowest BCUT2D eigenvalue weighted by atomic mass is 10.3.